The van der Waals surface area contributed by atoms with Crippen molar-refractivity contribution in [2.45, 2.75) is 30.7 Å². The molecule has 1 aromatic rings. The van der Waals surface area contributed by atoms with Gasteiger partial charge < -0.3 is 10.6 Å². The number of benzene rings is 1. The molecule has 0 saturated carbocycles. The summed E-state index contributed by atoms with van der Waals surface area (Å²) in [4.78, 5) is 2.56. The van der Waals surface area contributed by atoms with Gasteiger partial charge in [-0.1, -0.05) is 6.92 Å². The zero-order chi connectivity index (χ0) is 14.8. The van der Waals surface area contributed by atoms with Crippen molar-refractivity contribution in [1.29, 1.82) is 0 Å². The quantitative estimate of drug-likeness (QED) is 0.801. The van der Waals surface area contributed by atoms with Crippen molar-refractivity contribution in [2.24, 2.45) is 0 Å². The van der Waals surface area contributed by atoms with Gasteiger partial charge in [-0.15, -0.1) is 0 Å². The van der Waals surface area contributed by atoms with E-state index in [-0.39, 0.29) is 10.9 Å². The fourth-order valence-electron chi connectivity index (χ4n) is 2.38. The maximum absolute atomic E-state index is 12.4. The Labute approximate surface area is 128 Å². The Morgan fingerprint density at radius 1 is 1.40 bits per heavy atom. The molecule has 0 atom stereocenters. The number of nitrogens with two attached hydrogens (primary N) is 1. The van der Waals surface area contributed by atoms with Crippen LogP contribution in [0.25, 0.3) is 0 Å². The molecular formula is C13H20BrN3O2S. The lowest BCUT2D eigenvalue weighted by Crippen LogP contribution is -2.44. The molecule has 0 amide bonds. The summed E-state index contributed by atoms with van der Waals surface area (Å²) in [7, 11) is -3.50. The molecule has 2 rings (SSSR count). The van der Waals surface area contributed by atoms with E-state index >= 15 is 0 Å². The molecule has 1 aliphatic rings. The van der Waals surface area contributed by atoms with Gasteiger partial charge in [0.05, 0.1) is 4.90 Å². The summed E-state index contributed by atoms with van der Waals surface area (Å²) in [5.74, 6) is 0. The predicted octanol–water partition coefficient (Wildman–Crippen LogP) is 1.79. The predicted molar refractivity (Wildman–Crippen MR) is 84.0 cm³/mol. The van der Waals surface area contributed by atoms with E-state index in [9.17, 15) is 8.42 Å². The normalized spacial score (nSPS) is 18.3. The number of halogens is 1. The number of nitrogens with zero attached hydrogens (tertiary/aromatic N) is 1. The van der Waals surface area contributed by atoms with Crippen LogP contribution in [-0.4, -0.2) is 39.0 Å². The summed E-state index contributed by atoms with van der Waals surface area (Å²) >= 11 is 3.26. The fraction of sp³-hybridized carbons (Fsp3) is 0.538. The first-order chi connectivity index (χ1) is 9.42. The average molecular weight is 362 g/mol. The summed E-state index contributed by atoms with van der Waals surface area (Å²) in [6, 6.07) is 4.74. The summed E-state index contributed by atoms with van der Waals surface area (Å²) in [6.07, 6.45) is 1.69. The van der Waals surface area contributed by atoms with Crippen molar-refractivity contribution in [3.8, 4) is 0 Å². The molecule has 0 bridgehead atoms. The van der Waals surface area contributed by atoms with Crippen LogP contribution in [0.2, 0.25) is 0 Å². The molecule has 1 aromatic carbocycles. The van der Waals surface area contributed by atoms with E-state index in [2.05, 4.69) is 32.5 Å². The highest BCUT2D eigenvalue weighted by Gasteiger charge is 2.25. The van der Waals surface area contributed by atoms with Crippen LogP contribution in [0.3, 0.4) is 0 Å². The largest absolute Gasteiger partial charge is 0.399 e. The Bertz CT molecular complexity index is 569. The molecule has 0 aromatic heterocycles. The number of anilines is 1. The average Bonchev–Trinajstić information content (AvgIpc) is 2.38. The van der Waals surface area contributed by atoms with Crippen molar-refractivity contribution in [1.82, 2.24) is 9.62 Å². The minimum atomic E-state index is -3.50. The van der Waals surface area contributed by atoms with Gasteiger partial charge in [0.1, 0.15) is 0 Å². The molecule has 0 radical (unpaired) electrons. The van der Waals surface area contributed by atoms with Crippen molar-refractivity contribution in [3.05, 3.63) is 22.7 Å². The lowest BCUT2D eigenvalue weighted by molar-refractivity contribution is 0.217. The van der Waals surface area contributed by atoms with Crippen molar-refractivity contribution >= 4 is 31.6 Å². The third-order valence-electron chi connectivity index (χ3n) is 3.60. The number of piperidine rings is 1. The number of nitrogen functional groups attached to an aromatic ring is 1. The second-order valence-corrected chi connectivity index (χ2v) is 7.56. The molecule has 0 aliphatic carbocycles. The second-order valence-electron chi connectivity index (χ2n) is 5.02. The van der Waals surface area contributed by atoms with Crippen LogP contribution < -0.4 is 10.5 Å². The molecule has 5 nitrogen and oxygen atoms in total. The van der Waals surface area contributed by atoms with E-state index in [0.29, 0.717) is 10.2 Å². The Hall–Kier alpha value is -0.630. The highest BCUT2D eigenvalue weighted by molar-refractivity contribution is 9.10. The van der Waals surface area contributed by atoms with Gasteiger partial charge in [-0.05, 0) is 66.6 Å². The van der Waals surface area contributed by atoms with E-state index in [1.54, 1.807) is 12.1 Å². The molecule has 1 aliphatic heterocycles. The Balaban J connectivity index is 2.08. The molecule has 1 heterocycles. The van der Waals surface area contributed by atoms with Crippen LogP contribution in [0.5, 0.6) is 0 Å². The van der Waals surface area contributed by atoms with Crippen LogP contribution in [0.4, 0.5) is 5.69 Å². The molecular weight excluding hydrogens is 342 g/mol. The fourth-order valence-corrected chi connectivity index (χ4v) is 4.79. The highest BCUT2D eigenvalue weighted by Crippen LogP contribution is 2.25. The van der Waals surface area contributed by atoms with E-state index in [4.69, 9.17) is 5.73 Å². The maximum Gasteiger partial charge on any atom is 0.241 e. The van der Waals surface area contributed by atoms with Gasteiger partial charge in [-0.3, -0.25) is 0 Å². The van der Waals surface area contributed by atoms with E-state index < -0.39 is 10.0 Å². The van der Waals surface area contributed by atoms with E-state index in [1.165, 1.54) is 6.07 Å². The molecule has 0 spiro atoms. The summed E-state index contributed by atoms with van der Waals surface area (Å²) in [6.45, 7) is 5.01. The lowest BCUT2D eigenvalue weighted by atomic mass is 10.1. The Morgan fingerprint density at radius 2 is 2.05 bits per heavy atom. The standard InChI is InChI=1S/C13H20BrN3O2S/c1-2-17-7-5-11(6-8-17)16-20(18,19)13-4-3-10(15)9-12(13)14/h3-4,9,11,16H,2,5-8,15H2,1H3. The van der Waals surface area contributed by atoms with Crippen LogP contribution >= 0.6 is 15.9 Å². The van der Waals surface area contributed by atoms with Crippen LogP contribution in [-0.2, 0) is 10.0 Å². The summed E-state index contributed by atoms with van der Waals surface area (Å²) in [5, 5.41) is 0. The van der Waals surface area contributed by atoms with Crippen LogP contribution in [0.1, 0.15) is 19.8 Å². The third kappa shape index (κ3) is 3.72. The number of nitrogens with one attached hydrogen (secondary N) is 1. The molecule has 20 heavy (non-hydrogen) atoms. The first kappa shape index (κ1) is 15.8. The monoisotopic (exact) mass is 361 g/mol. The Kier molecular flexibility index (Phi) is 5.06. The Morgan fingerprint density at radius 3 is 2.60 bits per heavy atom. The zero-order valence-electron chi connectivity index (χ0n) is 11.5. The number of hydrogen-bond donors (Lipinski definition) is 2. The molecule has 3 N–H and O–H groups in total. The van der Waals surface area contributed by atoms with Crippen LogP contribution in [0, 0.1) is 0 Å². The number of rotatable bonds is 4. The maximum atomic E-state index is 12.4. The van der Waals surface area contributed by atoms with Gasteiger partial charge in [-0.2, -0.15) is 0 Å². The SMILES string of the molecule is CCN1CCC(NS(=O)(=O)c2ccc(N)cc2Br)CC1. The van der Waals surface area contributed by atoms with Gasteiger partial charge in [0.2, 0.25) is 10.0 Å². The zero-order valence-corrected chi connectivity index (χ0v) is 13.9. The number of hydrogen-bond acceptors (Lipinski definition) is 4. The third-order valence-corrected chi connectivity index (χ3v) is 6.10. The number of sulfonamides is 1. The molecule has 1 saturated heterocycles. The summed E-state index contributed by atoms with van der Waals surface area (Å²) < 4.78 is 28.1. The minimum absolute atomic E-state index is 0.00672. The van der Waals surface area contributed by atoms with Crippen molar-refractivity contribution in [3.63, 3.8) is 0 Å². The van der Waals surface area contributed by atoms with Crippen molar-refractivity contribution < 1.29 is 8.42 Å². The smallest absolute Gasteiger partial charge is 0.241 e. The second kappa shape index (κ2) is 6.43. The van der Waals surface area contributed by atoms with Gasteiger partial charge >= 0.3 is 0 Å². The molecule has 112 valence electrons. The van der Waals surface area contributed by atoms with Crippen LogP contribution in [0.15, 0.2) is 27.6 Å². The first-order valence-corrected chi connectivity index (χ1v) is 8.99. The highest BCUT2D eigenvalue weighted by atomic mass is 79.9. The first-order valence-electron chi connectivity index (χ1n) is 6.72. The molecule has 1 fully saturated rings. The topological polar surface area (TPSA) is 75.4 Å². The molecule has 7 heteroatoms. The van der Waals surface area contributed by atoms with Gasteiger partial charge in [0, 0.05) is 16.2 Å². The minimum Gasteiger partial charge on any atom is -0.399 e. The van der Waals surface area contributed by atoms with E-state index in [1.807, 2.05) is 0 Å². The van der Waals surface area contributed by atoms with Gasteiger partial charge in [0.25, 0.3) is 0 Å². The molecule has 0 unspecified atom stereocenters. The lowest BCUT2D eigenvalue weighted by Gasteiger charge is -2.31. The summed E-state index contributed by atoms with van der Waals surface area (Å²) in [5.41, 5.74) is 6.17. The number of likely N-dealkylation sites (tertiary alicyclic amines) is 1. The van der Waals surface area contributed by atoms with Crippen molar-refractivity contribution in [2.75, 3.05) is 25.4 Å². The van der Waals surface area contributed by atoms with Gasteiger partial charge in [0.15, 0.2) is 0 Å². The van der Waals surface area contributed by atoms with Gasteiger partial charge in [-0.25, -0.2) is 13.1 Å². The van der Waals surface area contributed by atoms with E-state index in [0.717, 1.165) is 32.5 Å².